The smallest absolute Gasteiger partial charge is 0.340 e. The summed E-state index contributed by atoms with van der Waals surface area (Å²) in [6.45, 7) is 0. The summed E-state index contributed by atoms with van der Waals surface area (Å²) in [7, 11) is 0. The first-order valence-corrected chi connectivity index (χ1v) is 9.01. The van der Waals surface area contributed by atoms with Gasteiger partial charge in [-0.2, -0.15) is 0 Å². The quantitative estimate of drug-likeness (QED) is 0.782. The number of amides is 2. The topological polar surface area (TPSA) is 75.7 Å². The maximum absolute atomic E-state index is 12.8. The molecular formula is C19H15BrN2O4. The van der Waals surface area contributed by atoms with Gasteiger partial charge in [-0.05, 0) is 30.7 Å². The van der Waals surface area contributed by atoms with Crippen LogP contribution in [-0.2, 0) is 14.3 Å². The van der Waals surface area contributed by atoms with Crippen LogP contribution in [0.25, 0.3) is 0 Å². The number of fused-ring (bicyclic) bond motifs is 1. The molecule has 1 saturated heterocycles. The third kappa shape index (κ3) is 2.88. The van der Waals surface area contributed by atoms with Crippen molar-refractivity contribution in [1.82, 2.24) is 4.90 Å². The van der Waals surface area contributed by atoms with Gasteiger partial charge in [0.25, 0.3) is 0 Å². The monoisotopic (exact) mass is 414 g/mol. The summed E-state index contributed by atoms with van der Waals surface area (Å²) < 4.78 is 6.26. The molecule has 0 radical (unpaired) electrons. The van der Waals surface area contributed by atoms with Crippen molar-refractivity contribution in [2.24, 2.45) is 0 Å². The van der Waals surface area contributed by atoms with Gasteiger partial charge in [0.05, 0.1) is 5.56 Å². The summed E-state index contributed by atoms with van der Waals surface area (Å²) in [5, 5.41) is 2.83. The second-order valence-corrected chi connectivity index (χ2v) is 7.12. The second kappa shape index (κ2) is 6.57. The summed E-state index contributed by atoms with van der Waals surface area (Å²) in [5.74, 6) is -0.972. The minimum Gasteiger partial charge on any atom is -0.433 e. The average molecular weight is 415 g/mol. The van der Waals surface area contributed by atoms with E-state index in [2.05, 4.69) is 21.2 Å². The first-order valence-electron chi connectivity index (χ1n) is 8.22. The molecule has 2 aromatic rings. The Kier molecular flexibility index (Phi) is 4.24. The fourth-order valence-electron chi connectivity index (χ4n) is 3.38. The number of esters is 1. The highest BCUT2D eigenvalue weighted by Gasteiger charge is 2.46. The summed E-state index contributed by atoms with van der Waals surface area (Å²) in [6.07, 6.45) is -0.228. The molecule has 0 spiro atoms. The van der Waals surface area contributed by atoms with Crippen molar-refractivity contribution in [3.05, 3.63) is 64.1 Å². The lowest BCUT2D eigenvalue weighted by atomic mass is 10.1. The molecule has 6 nitrogen and oxygen atoms in total. The fourth-order valence-corrected chi connectivity index (χ4v) is 3.78. The number of rotatable bonds is 3. The number of ether oxygens (including phenoxy) is 1. The molecule has 2 unspecified atom stereocenters. The Balaban J connectivity index is 1.60. The number of hydrogen-bond acceptors (Lipinski definition) is 4. The Bertz CT molecular complexity index is 914. The Morgan fingerprint density at radius 1 is 1.15 bits per heavy atom. The van der Waals surface area contributed by atoms with Gasteiger partial charge in [-0.1, -0.05) is 40.2 Å². The van der Waals surface area contributed by atoms with Crippen molar-refractivity contribution in [2.75, 3.05) is 5.32 Å². The van der Waals surface area contributed by atoms with E-state index in [0.29, 0.717) is 23.2 Å². The molecule has 2 amide bonds. The lowest BCUT2D eigenvalue weighted by Gasteiger charge is -2.29. The summed E-state index contributed by atoms with van der Waals surface area (Å²) >= 11 is 3.36. The van der Waals surface area contributed by atoms with Crippen molar-refractivity contribution in [3.63, 3.8) is 0 Å². The van der Waals surface area contributed by atoms with E-state index in [1.807, 2.05) is 12.1 Å². The van der Waals surface area contributed by atoms with E-state index in [4.69, 9.17) is 4.74 Å². The highest BCUT2D eigenvalue weighted by Crippen LogP contribution is 2.38. The van der Waals surface area contributed by atoms with Crippen molar-refractivity contribution in [3.8, 4) is 0 Å². The van der Waals surface area contributed by atoms with Gasteiger partial charge in [-0.3, -0.25) is 14.5 Å². The van der Waals surface area contributed by atoms with E-state index in [0.717, 1.165) is 4.47 Å². The predicted octanol–water partition coefficient (Wildman–Crippen LogP) is 3.25. The highest BCUT2D eigenvalue weighted by molar-refractivity contribution is 9.10. The number of carbonyl (C=O) groups is 3. The van der Waals surface area contributed by atoms with Crippen LogP contribution in [-0.4, -0.2) is 28.7 Å². The maximum Gasteiger partial charge on any atom is 0.340 e. The zero-order valence-corrected chi connectivity index (χ0v) is 15.2. The van der Waals surface area contributed by atoms with Gasteiger partial charge in [0, 0.05) is 22.1 Å². The van der Waals surface area contributed by atoms with Crippen LogP contribution in [0.5, 0.6) is 0 Å². The number of nitrogens with zero attached hydrogens (tertiary/aromatic N) is 1. The third-order valence-corrected chi connectivity index (χ3v) is 5.06. The lowest BCUT2D eigenvalue weighted by Crippen LogP contribution is -2.43. The number of cyclic esters (lactones) is 1. The zero-order valence-electron chi connectivity index (χ0n) is 13.6. The fraction of sp³-hybridized carbons (Fsp3) is 0.211. The van der Waals surface area contributed by atoms with Crippen LogP contribution in [0.15, 0.2) is 53.0 Å². The van der Waals surface area contributed by atoms with Crippen molar-refractivity contribution >= 4 is 39.4 Å². The number of carbonyl (C=O) groups excluding carboxylic acids is 3. The maximum atomic E-state index is 12.8. The molecule has 0 bridgehead atoms. The molecule has 2 aromatic carbocycles. The zero-order chi connectivity index (χ0) is 18.3. The van der Waals surface area contributed by atoms with Crippen molar-refractivity contribution < 1.29 is 19.1 Å². The molecule has 2 aliphatic heterocycles. The molecular weight excluding hydrogens is 400 g/mol. The summed E-state index contributed by atoms with van der Waals surface area (Å²) in [4.78, 5) is 38.7. The van der Waals surface area contributed by atoms with Crippen LogP contribution in [0.4, 0.5) is 5.69 Å². The van der Waals surface area contributed by atoms with Gasteiger partial charge in [0.1, 0.15) is 6.04 Å². The Labute approximate surface area is 158 Å². The molecule has 2 atom stereocenters. The Hall–Kier alpha value is -2.67. The second-order valence-electron chi connectivity index (χ2n) is 6.20. The summed E-state index contributed by atoms with van der Waals surface area (Å²) in [6, 6.07) is 13.5. The van der Waals surface area contributed by atoms with E-state index in [9.17, 15) is 14.4 Å². The summed E-state index contributed by atoms with van der Waals surface area (Å²) in [5.41, 5.74) is 1.68. The molecule has 1 N–H and O–H groups in total. The molecule has 132 valence electrons. The third-order valence-electron chi connectivity index (χ3n) is 4.57. The molecule has 26 heavy (non-hydrogen) atoms. The number of likely N-dealkylation sites (tertiary alicyclic amines) is 1. The van der Waals surface area contributed by atoms with Crippen LogP contribution in [0, 0.1) is 0 Å². The number of nitrogens with one attached hydrogen (secondary N) is 1. The van der Waals surface area contributed by atoms with Gasteiger partial charge >= 0.3 is 5.97 Å². The number of benzene rings is 2. The average Bonchev–Trinajstić information content (AvgIpc) is 3.15. The van der Waals surface area contributed by atoms with Crippen LogP contribution in [0.1, 0.15) is 35.0 Å². The first-order chi connectivity index (χ1) is 12.5. The first kappa shape index (κ1) is 16.8. The van der Waals surface area contributed by atoms with Gasteiger partial charge in [-0.25, -0.2) is 4.79 Å². The van der Waals surface area contributed by atoms with E-state index >= 15 is 0 Å². The van der Waals surface area contributed by atoms with Crippen LogP contribution in [0.2, 0.25) is 0 Å². The van der Waals surface area contributed by atoms with Gasteiger partial charge < -0.3 is 10.1 Å². The molecule has 2 heterocycles. The van der Waals surface area contributed by atoms with Gasteiger partial charge in [0.15, 0.2) is 0 Å². The minimum atomic E-state index is -0.855. The SMILES string of the molecule is O=C1OC(N2C(=O)CCC2C(=O)Nc2cccc(Br)c2)c2ccccc21. The number of hydrogen-bond donors (Lipinski definition) is 1. The lowest BCUT2D eigenvalue weighted by molar-refractivity contribution is -0.144. The van der Waals surface area contributed by atoms with Crippen LogP contribution < -0.4 is 5.32 Å². The van der Waals surface area contributed by atoms with Crippen LogP contribution in [0.3, 0.4) is 0 Å². The number of halogens is 1. The Morgan fingerprint density at radius 2 is 1.96 bits per heavy atom. The van der Waals surface area contributed by atoms with Gasteiger partial charge in [0.2, 0.25) is 18.0 Å². The Morgan fingerprint density at radius 3 is 2.77 bits per heavy atom. The molecule has 7 heteroatoms. The molecule has 2 aliphatic rings. The molecule has 0 aromatic heterocycles. The van der Waals surface area contributed by atoms with E-state index in [1.54, 1.807) is 36.4 Å². The highest BCUT2D eigenvalue weighted by atomic mass is 79.9. The number of anilines is 1. The molecule has 0 saturated carbocycles. The molecule has 0 aliphatic carbocycles. The van der Waals surface area contributed by atoms with Crippen molar-refractivity contribution in [2.45, 2.75) is 25.1 Å². The van der Waals surface area contributed by atoms with E-state index in [1.165, 1.54) is 4.90 Å². The normalized spacial score (nSPS) is 21.5. The molecule has 1 fully saturated rings. The minimum absolute atomic E-state index is 0.200. The largest absolute Gasteiger partial charge is 0.433 e. The van der Waals surface area contributed by atoms with Crippen LogP contribution >= 0.6 is 15.9 Å². The van der Waals surface area contributed by atoms with E-state index < -0.39 is 18.2 Å². The standard InChI is InChI=1S/C19H15BrN2O4/c20-11-4-3-5-12(10-11)21-17(24)15-8-9-16(23)22(15)18-13-6-1-2-7-14(13)19(25)26-18/h1-7,10,15,18H,8-9H2,(H,21,24). The van der Waals surface area contributed by atoms with E-state index in [-0.39, 0.29) is 18.2 Å². The predicted molar refractivity (Wildman–Crippen MR) is 97.2 cm³/mol. The molecule has 4 rings (SSSR count). The van der Waals surface area contributed by atoms with Gasteiger partial charge in [-0.15, -0.1) is 0 Å². The van der Waals surface area contributed by atoms with Crippen molar-refractivity contribution in [1.29, 1.82) is 0 Å².